The Morgan fingerprint density at radius 2 is 2.12 bits per heavy atom. The predicted octanol–water partition coefficient (Wildman–Crippen LogP) is 2.82. The molecule has 2 rings (SSSR count). The largest absolute Gasteiger partial charge is 0.344 e. The van der Waals surface area contributed by atoms with E-state index < -0.39 is 0 Å². The number of thioether (sulfide) groups is 1. The number of para-hydroxylation sites is 1. The molecule has 1 heterocycles. The minimum absolute atomic E-state index is 0.0476. The molecule has 0 radical (unpaired) electrons. The lowest BCUT2D eigenvalue weighted by atomic mass is 10.2. The van der Waals surface area contributed by atoms with Gasteiger partial charge in [-0.25, -0.2) is 4.98 Å². The van der Waals surface area contributed by atoms with Crippen molar-refractivity contribution in [1.29, 1.82) is 0 Å². The second-order valence-electron chi connectivity index (χ2n) is 5.70. The fraction of sp³-hybridized carbons (Fsp3) is 0.421. The molecule has 0 atom stereocenters. The summed E-state index contributed by atoms with van der Waals surface area (Å²) in [6, 6.07) is 7.31. The van der Waals surface area contributed by atoms with Gasteiger partial charge in [-0.2, -0.15) is 0 Å². The van der Waals surface area contributed by atoms with E-state index in [4.69, 9.17) is 6.42 Å². The van der Waals surface area contributed by atoms with Gasteiger partial charge >= 0.3 is 0 Å². The molecule has 1 aromatic carbocycles. The first-order chi connectivity index (χ1) is 12.2. The summed E-state index contributed by atoms with van der Waals surface area (Å²) in [4.78, 5) is 29.2. The summed E-state index contributed by atoms with van der Waals surface area (Å²) in [5, 5.41) is 3.81. The number of terminal acetylenes is 1. The zero-order chi connectivity index (χ0) is 18.1. The van der Waals surface area contributed by atoms with E-state index in [1.807, 2.05) is 18.2 Å². The number of rotatable bonds is 9. The first kappa shape index (κ1) is 19.1. The molecule has 0 aliphatic carbocycles. The minimum Gasteiger partial charge on any atom is -0.344 e. The van der Waals surface area contributed by atoms with Crippen molar-refractivity contribution < 1.29 is 4.79 Å². The first-order valence-electron chi connectivity index (χ1n) is 8.50. The summed E-state index contributed by atoms with van der Waals surface area (Å²) in [7, 11) is 0. The second kappa shape index (κ2) is 9.90. The lowest BCUT2D eigenvalue weighted by Gasteiger charge is -2.13. The van der Waals surface area contributed by atoms with Gasteiger partial charge in [0.2, 0.25) is 5.91 Å². The van der Waals surface area contributed by atoms with Gasteiger partial charge in [-0.1, -0.05) is 56.0 Å². The van der Waals surface area contributed by atoms with E-state index in [1.165, 1.54) is 11.8 Å². The Labute approximate surface area is 152 Å². The number of aromatic nitrogens is 2. The normalized spacial score (nSPS) is 10.6. The van der Waals surface area contributed by atoms with Gasteiger partial charge in [0.05, 0.1) is 23.2 Å². The lowest BCUT2D eigenvalue weighted by Crippen LogP contribution is -2.27. The molecule has 0 spiro atoms. The highest BCUT2D eigenvalue weighted by Crippen LogP contribution is 2.18. The smallest absolute Gasteiger partial charge is 0.262 e. The number of fused-ring (bicyclic) bond motifs is 1. The fourth-order valence-electron chi connectivity index (χ4n) is 2.48. The highest BCUT2D eigenvalue weighted by atomic mass is 32.2. The predicted molar refractivity (Wildman–Crippen MR) is 103 cm³/mol. The molecule has 6 heteroatoms. The van der Waals surface area contributed by atoms with Crippen LogP contribution in [0, 0.1) is 12.3 Å². The van der Waals surface area contributed by atoms with Crippen molar-refractivity contribution in [3.8, 4) is 12.3 Å². The standard InChI is InChI=1S/C19H23N3O2S/c1-3-5-6-9-13-22-18(24)15-10-7-8-11-16(15)21-19(22)25-14-17(23)20-12-4-2/h2,7-8,10-11H,3,5-6,9,12-14H2,1H3,(H,20,23). The van der Waals surface area contributed by atoms with Crippen molar-refractivity contribution in [2.24, 2.45) is 0 Å². The SMILES string of the molecule is C#CCNC(=O)CSc1nc2ccccc2c(=O)n1CCCCCC. The van der Waals surface area contributed by atoms with Crippen molar-refractivity contribution in [2.45, 2.75) is 44.3 Å². The van der Waals surface area contributed by atoms with Crippen LogP contribution in [0.4, 0.5) is 0 Å². The molecule has 0 fully saturated rings. The number of hydrogen-bond acceptors (Lipinski definition) is 4. The van der Waals surface area contributed by atoms with Gasteiger partial charge in [0.25, 0.3) is 5.56 Å². The Bertz CT molecular complexity index is 824. The molecule has 0 saturated heterocycles. The number of nitrogens with one attached hydrogen (secondary N) is 1. The van der Waals surface area contributed by atoms with Crippen LogP contribution in [0.1, 0.15) is 32.6 Å². The number of hydrogen-bond donors (Lipinski definition) is 1. The van der Waals surface area contributed by atoms with Crippen LogP contribution in [-0.4, -0.2) is 27.8 Å². The van der Waals surface area contributed by atoms with Crippen LogP contribution in [0.2, 0.25) is 0 Å². The van der Waals surface area contributed by atoms with Crippen LogP contribution in [0.25, 0.3) is 10.9 Å². The zero-order valence-electron chi connectivity index (χ0n) is 14.5. The van der Waals surface area contributed by atoms with Crippen LogP contribution >= 0.6 is 11.8 Å². The fourth-order valence-corrected chi connectivity index (χ4v) is 3.34. The Morgan fingerprint density at radius 1 is 1.32 bits per heavy atom. The summed E-state index contributed by atoms with van der Waals surface area (Å²) in [6.45, 7) is 2.97. The summed E-state index contributed by atoms with van der Waals surface area (Å²) in [5.74, 6) is 2.39. The second-order valence-corrected chi connectivity index (χ2v) is 6.64. The van der Waals surface area contributed by atoms with E-state index in [9.17, 15) is 9.59 Å². The Morgan fingerprint density at radius 3 is 2.88 bits per heavy atom. The zero-order valence-corrected chi connectivity index (χ0v) is 15.3. The molecule has 0 aliphatic rings. The molecule has 1 N–H and O–H groups in total. The maximum atomic E-state index is 12.8. The molecule has 0 bridgehead atoms. The molecule has 0 unspecified atom stereocenters. The highest BCUT2D eigenvalue weighted by molar-refractivity contribution is 7.99. The van der Waals surface area contributed by atoms with Gasteiger partial charge in [-0.05, 0) is 18.6 Å². The molecule has 2 aromatic rings. The van der Waals surface area contributed by atoms with E-state index in [1.54, 1.807) is 10.6 Å². The average molecular weight is 357 g/mol. The molecule has 0 aliphatic heterocycles. The van der Waals surface area contributed by atoms with Crippen molar-refractivity contribution in [3.63, 3.8) is 0 Å². The summed E-state index contributed by atoms with van der Waals surface area (Å²) < 4.78 is 1.69. The summed E-state index contributed by atoms with van der Waals surface area (Å²) >= 11 is 1.27. The monoisotopic (exact) mass is 357 g/mol. The van der Waals surface area contributed by atoms with Gasteiger partial charge in [0.15, 0.2) is 5.16 Å². The van der Waals surface area contributed by atoms with Crippen LogP contribution < -0.4 is 10.9 Å². The van der Waals surface area contributed by atoms with Crippen molar-refractivity contribution in [2.75, 3.05) is 12.3 Å². The Kier molecular flexibility index (Phi) is 7.55. The van der Waals surface area contributed by atoms with Gasteiger partial charge in [0.1, 0.15) is 0 Å². The number of unbranched alkanes of at least 4 members (excludes halogenated alkanes) is 3. The number of carbonyl (C=O) groups is 1. The molecule has 0 saturated carbocycles. The summed E-state index contributed by atoms with van der Waals surface area (Å²) in [5.41, 5.74) is 0.609. The number of benzene rings is 1. The van der Waals surface area contributed by atoms with Crippen molar-refractivity contribution in [3.05, 3.63) is 34.6 Å². The minimum atomic E-state index is -0.164. The van der Waals surface area contributed by atoms with Crippen LogP contribution in [-0.2, 0) is 11.3 Å². The van der Waals surface area contributed by atoms with E-state index >= 15 is 0 Å². The quantitative estimate of drug-likeness (QED) is 0.324. The topological polar surface area (TPSA) is 64.0 Å². The van der Waals surface area contributed by atoms with Crippen molar-refractivity contribution >= 4 is 28.6 Å². The molecule has 25 heavy (non-hydrogen) atoms. The molecule has 132 valence electrons. The van der Waals surface area contributed by atoms with Crippen LogP contribution in [0.3, 0.4) is 0 Å². The third kappa shape index (κ3) is 5.36. The molecule has 1 aromatic heterocycles. The van der Waals surface area contributed by atoms with Gasteiger partial charge < -0.3 is 5.32 Å². The van der Waals surface area contributed by atoms with Crippen molar-refractivity contribution in [1.82, 2.24) is 14.9 Å². The van der Waals surface area contributed by atoms with Crippen LogP contribution in [0.5, 0.6) is 0 Å². The number of carbonyl (C=O) groups excluding carboxylic acids is 1. The lowest BCUT2D eigenvalue weighted by molar-refractivity contribution is -0.118. The van der Waals surface area contributed by atoms with Gasteiger partial charge in [-0.3, -0.25) is 14.2 Å². The molecule has 1 amide bonds. The van der Waals surface area contributed by atoms with E-state index in [-0.39, 0.29) is 23.8 Å². The highest BCUT2D eigenvalue weighted by Gasteiger charge is 2.12. The number of nitrogens with zero attached hydrogens (tertiary/aromatic N) is 2. The Hall–Kier alpha value is -2.26. The van der Waals surface area contributed by atoms with Gasteiger partial charge in [-0.15, -0.1) is 6.42 Å². The van der Waals surface area contributed by atoms with Gasteiger partial charge in [0, 0.05) is 6.54 Å². The first-order valence-corrected chi connectivity index (χ1v) is 9.48. The van der Waals surface area contributed by atoms with E-state index in [0.717, 1.165) is 25.7 Å². The maximum Gasteiger partial charge on any atom is 0.262 e. The molecule has 5 nitrogen and oxygen atoms in total. The molecular weight excluding hydrogens is 334 g/mol. The summed E-state index contributed by atoms with van der Waals surface area (Å²) in [6.07, 6.45) is 9.42. The third-order valence-electron chi connectivity index (χ3n) is 3.78. The third-order valence-corrected chi connectivity index (χ3v) is 4.76. The van der Waals surface area contributed by atoms with E-state index in [2.05, 4.69) is 23.1 Å². The van der Waals surface area contributed by atoms with E-state index in [0.29, 0.717) is 22.6 Å². The maximum absolute atomic E-state index is 12.8. The Balaban J connectivity index is 2.24. The van der Waals surface area contributed by atoms with Crippen LogP contribution in [0.15, 0.2) is 34.2 Å². The number of amides is 1. The average Bonchev–Trinajstić information content (AvgIpc) is 2.63. The molecular formula is C19H23N3O2S.